The zero-order chi connectivity index (χ0) is 19.4. The second kappa shape index (κ2) is 8.20. The quantitative estimate of drug-likeness (QED) is 0.661. The highest BCUT2D eigenvalue weighted by molar-refractivity contribution is 5.76. The molecule has 0 bridgehead atoms. The first-order chi connectivity index (χ1) is 12.9. The van der Waals surface area contributed by atoms with Crippen molar-refractivity contribution in [2.24, 2.45) is 0 Å². The Labute approximate surface area is 159 Å². The summed E-state index contributed by atoms with van der Waals surface area (Å²) in [6.45, 7) is 8.07. The van der Waals surface area contributed by atoms with Gasteiger partial charge in [0.25, 0.3) is 0 Å². The molecule has 3 rings (SSSR count). The van der Waals surface area contributed by atoms with Gasteiger partial charge in [-0.3, -0.25) is 4.79 Å². The first-order valence-corrected chi connectivity index (χ1v) is 9.21. The third-order valence-corrected chi connectivity index (χ3v) is 4.43. The maximum Gasteiger partial charge on any atom is 0.227 e. The van der Waals surface area contributed by atoms with Crippen molar-refractivity contribution in [2.45, 2.75) is 52.5 Å². The van der Waals surface area contributed by atoms with Crippen LogP contribution in [0.15, 0.2) is 45.3 Å². The van der Waals surface area contributed by atoms with E-state index in [1.807, 2.05) is 38.1 Å². The Morgan fingerprint density at radius 3 is 2.48 bits per heavy atom. The minimum atomic E-state index is -0.177. The zero-order valence-corrected chi connectivity index (χ0v) is 16.2. The van der Waals surface area contributed by atoms with Gasteiger partial charge >= 0.3 is 0 Å². The molecule has 142 valence electrons. The van der Waals surface area contributed by atoms with Gasteiger partial charge in [0, 0.05) is 18.4 Å². The van der Waals surface area contributed by atoms with Crippen molar-refractivity contribution in [1.29, 1.82) is 0 Å². The number of rotatable bonds is 7. The molecule has 1 N–H and O–H groups in total. The highest BCUT2D eigenvalue weighted by Crippen LogP contribution is 2.21. The minimum Gasteiger partial charge on any atom is -0.464 e. The highest BCUT2D eigenvalue weighted by Gasteiger charge is 2.15. The molecule has 3 aromatic rings. The minimum absolute atomic E-state index is 0.0856. The van der Waals surface area contributed by atoms with E-state index in [0.29, 0.717) is 24.1 Å². The van der Waals surface area contributed by atoms with Crippen LogP contribution in [0.2, 0.25) is 0 Å². The second-order valence-corrected chi connectivity index (χ2v) is 7.03. The standard InChI is InChI=1S/C21H25N3O3/c1-13(2)16-6-8-17(9-7-16)21-23-20(27-24-21)12-11-19(25)22-15(4)18-10-5-14(3)26-18/h5-10,13,15H,11-12H2,1-4H3,(H,22,25). The van der Waals surface area contributed by atoms with Gasteiger partial charge in [0.15, 0.2) is 0 Å². The van der Waals surface area contributed by atoms with Gasteiger partial charge in [-0.1, -0.05) is 43.3 Å². The number of aryl methyl sites for hydroxylation is 2. The van der Waals surface area contributed by atoms with Crippen LogP contribution in [0.3, 0.4) is 0 Å². The van der Waals surface area contributed by atoms with Gasteiger partial charge in [-0.25, -0.2) is 0 Å². The Morgan fingerprint density at radius 1 is 1.11 bits per heavy atom. The predicted molar refractivity (Wildman–Crippen MR) is 102 cm³/mol. The van der Waals surface area contributed by atoms with Crippen LogP contribution in [0.1, 0.15) is 62.1 Å². The molecular weight excluding hydrogens is 342 g/mol. The SMILES string of the molecule is Cc1ccc(C(C)NC(=O)CCc2nc(-c3ccc(C(C)C)cc3)no2)o1. The largest absolute Gasteiger partial charge is 0.464 e. The summed E-state index contributed by atoms with van der Waals surface area (Å²) in [6.07, 6.45) is 0.671. The van der Waals surface area contributed by atoms with Gasteiger partial charge in [-0.15, -0.1) is 0 Å². The molecule has 27 heavy (non-hydrogen) atoms. The predicted octanol–water partition coefficient (Wildman–Crippen LogP) is 4.57. The average Bonchev–Trinajstić information content (AvgIpc) is 3.29. The van der Waals surface area contributed by atoms with Crippen molar-refractivity contribution in [3.05, 3.63) is 59.4 Å². The third-order valence-electron chi connectivity index (χ3n) is 4.43. The molecule has 1 unspecified atom stereocenters. The first kappa shape index (κ1) is 18.9. The number of benzene rings is 1. The molecule has 2 aromatic heterocycles. The van der Waals surface area contributed by atoms with Crippen LogP contribution in [0.4, 0.5) is 0 Å². The second-order valence-electron chi connectivity index (χ2n) is 7.03. The van der Waals surface area contributed by atoms with E-state index in [2.05, 4.69) is 41.4 Å². The number of amides is 1. The smallest absolute Gasteiger partial charge is 0.227 e. The number of hydrogen-bond acceptors (Lipinski definition) is 5. The van der Waals surface area contributed by atoms with E-state index in [1.165, 1.54) is 5.56 Å². The third kappa shape index (κ3) is 4.84. The van der Waals surface area contributed by atoms with Gasteiger partial charge in [0.05, 0.1) is 6.04 Å². The van der Waals surface area contributed by atoms with Crippen molar-refractivity contribution in [3.63, 3.8) is 0 Å². The van der Waals surface area contributed by atoms with Gasteiger partial charge in [-0.2, -0.15) is 4.98 Å². The summed E-state index contributed by atoms with van der Waals surface area (Å²) in [5.74, 6) is 2.95. The van der Waals surface area contributed by atoms with Gasteiger partial charge in [-0.05, 0) is 37.5 Å². The summed E-state index contributed by atoms with van der Waals surface area (Å²) in [4.78, 5) is 16.5. The number of nitrogens with one attached hydrogen (secondary N) is 1. The van der Waals surface area contributed by atoms with Gasteiger partial charge in [0.2, 0.25) is 17.6 Å². The number of hydrogen-bond donors (Lipinski definition) is 1. The zero-order valence-electron chi connectivity index (χ0n) is 16.2. The lowest BCUT2D eigenvalue weighted by molar-refractivity contribution is -0.121. The molecule has 1 aromatic carbocycles. The molecule has 2 heterocycles. The fourth-order valence-electron chi connectivity index (χ4n) is 2.78. The number of aromatic nitrogens is 2. The van der Waals surface area contributed by atoms with Gasteiger partial charge in [0.1, 0.15) is 11.5 Å². The van der Waals surface area contributed by atoms with E-state index in [4.69, 9.17) is 8.94 Å². The van der Waals surface area contributed by atoms with Crippen molar-refractivity contribution in [3.8, 4) is 11.4 Å². The fourth-order valence-corrected chi connectivity index (χ4v) is 2.78. The number of furan rings is 1. The van der Waals surface area contributed by atoms with Crippen molar-refractivity contribution in [1.82, 2.24) is 15.5 Å². The van der Waals surface area contributed by atoms with Crippen LogP contribution < -0.4 is 5.32 Å². The molecule has 0 aliphatic rings. The monoisotopic (exact) mass is 367 g/mol. The maximum atomic E-state index is 12.1. The van der Waals surface area contributed by atoms with Crippen LogP contribution in [0.5, 0.6) is 0 Å². The van der Waals surface area contributed by atoms with E-state index in [9.17, 15) is 4.79 Å². The Kier molecular flexibility index (Phi) is 5.74. The van der Waals surface area contributed by atoms with Crippen LogP contribution in [0.25, 0.3) is 11.4 Å². The van der Waals surface area contributed by atoms with E-state index >= 15 is 0 Å². The van der Waals surface area contributed by atoms with E-state index in [1.54, 1.807) is 0 Å². The molecular formula is C21H25N3O3. The lowest BCUT2D eigenvalue weighted by Crippen LogP contribution is -2.26. The van der Waals surface area contributed by atoms with Crippen molar-refractivity contribution >= 4 is 5.91 Å². The topological polar surface area (TPSA) is 81.2 Å². The van der Waals surface area contributed by atoms with Crippen LogP contribution >= 0.6 is 0 Å². The molecule has 0 radical (unpaired) electrons. The van der Waals surface area contributed by atoms with E-state index in [0.717, 1.165) is 17.1 Å². The Hall–Kier alpha value is -2.89. The average molecular weight is 367 g/mol. The summed E-state index contributed by atoms with van der Waals surface area (Å²) in [6, 6.07) is 11.7. The molecule has 0 fully saturated rings. The molecule has 0 saturated heterocycles. The molecule has 0 aliphatic heterocycles. The summed E-state index contributed by atoms with van der Waals surface area (Å²) < 4.78 is 10.8. The number of carbonyl (C=O) groups excluding carboxylic acids is 1. The Bertz CT molecular complexity index is 894. The molecule has 0 spiro atoms. The van der Waals surface area contributed by atoms with E-state index in [-0.39, 0.29) is 18.4 Å². The first-order valence-electron chi connectivity index (χ1n) is 9.21. The normalized spacial score (nSPS) is 12.3. The molecule has 1 atom stereocenters. The molecule has 1 amide bonds. The van der Waals surface area contributed by atoms with Crippen molar-refractivity contribution < 1.29 is 13.7 Å². The van der Waals surface area contributed by atoms with Crippen molar-refractivity contribution in [2.75, 3.05) is 0 Å². The summed E-state index contributed by atoms with van der Waals surface area (Å²) in [7, 11) is 0. The van der Waals surface area contributed by atoms with Crippen LogP contribution in [-0.2, 0) is 11.2 Å². The lowest BCUT2D eigenvalue weighted by Gasteiger charge is -2.10. The van der Waals surface area contributed by atoms with Crippen LogP contribution in [0, 0.1) is 6.92 Å². The summed E-state index contributed by atoms with van der Waals surface area (Å²) in [5.41, 5.74) is 2.17. The van der Waals surface area contributed by atoms with Gasteiger partial charge < -0.3 is 14.3 Å². The summed E-state index contributed by atoms with van der Waals surface area (Å²) in [5, 5.41) is 6.93. The molecule has 6 heteroatoms. The number of carbonyl (C=O) groups is 1. The lowest BCUT2D eigenvalue weighted by atomic mass is 10.0. The van der Waals surface area contributed by atoms with Crippen LogP contribution in [-0.4, -0.2) is 16.0 Å². The molecule has 0 aliphatic carbocycles. The Morgan fingerprint density at radius 2 is 1.85 bits per heavy atom. The maximum absolute atomic E-state index is 12.1. The fraction of sp³-hybridized carbons (Fsp3) is 0.381. The number of nitrogens with zero attached hydrogens (tertiary/aromatic N) is 2. The van der Waals surface area contributed by atoms with E-state index < -0.39 is 0 Å². The molecule has 6 nitrogen and oxygen atoms in total. The highest BCUT2D eigenvalue weighted by atomic mass is 16.5. The Balaban J connectivity index is 1.53. The molecule has 0 saturated carbocycles. The summed E-state index contributed by atoms with van der Waals surface area (Å²) >= 11 is 0.